The lowest BCUT2D eigenvalue weighted by atomic mass is 9.91. The fourth-order valence-corrected chi connectivity index (χ4v) is 2.09. The quantitative estimate of drug-likeness (QED) is 0.770. The zero-order valence-corrected chi connectivity index (χ0v) is 8.95. The molecular weight excluding hydrogens is 184 g/mol. The number of benzene rings is 1. The van der Waals surface area contributed by atoms with Gasteiger partial charge in [0.05, 0.1) is 0 Å². The Bertz CT molecular complexity index is 320. The number of piperidine rings is 1. The first-order valence-electron chi connectivity index (χ1n) is 5.57. The van der Waals surface area contributed by atoms with Crippen LogP contribution in [0.15, 0.2) is 42.2 Å². The van der Waals surface area contributed by atoms with E-state index in [0.717, 1.165) is 18.9 Å². The summed E-state index contributed by atoms with van der Waals surface area (Å²) in [5, 5.41) is 3.38. The van der Waals surface area contributed by atoms with E-state index in [4.69, 9.17) is 5.73 Å². The highest BCUT2D eigenvalue weighted by molar-refractivity contribution is 5.16. The van der Waals surface area contributed by atoms with Crippen LogP contribution in [0.25, 0.3) is 0 Å². The molecule has 0 spiro atoms. The Kier molecular flexibility index (Phi) is 3.28. The van der Waals surface area contributed by atoms with Crippen LogP contribution in [0.2, 0.25) is 0 Å². The van der Waals surface area contributed by atoms with E-state index in [9.17, 15) is 0 Å². The number of hydrogen-bond acceptors (Lipinski definition) is 2. The molecule has 1 saturated heterocycles. The fraction of sp³-hybridized carbons (Fsp3) is 0.385. The molecule has 0 amide bonds. The van der Waals surface area contributed by atoms with Gasteiger partial charge < -0.3 is 11.1 Å². The predicted molar refractivity (Wildman–Crippen MR) is 63.1 cm³/mol. The monoisotopic (exact) mass is 202 g/mol. The topological polar surface area (TPSA) is 38.0 Å². The third-order valence-corrected chi connectivity index (χ3v) is 3.01. The first-order chi connectivity index (χ1) is 7.38. The molecule has 3 N–H and O–H groups in total. The summed E-state index contributed by atoms with van der Waals surface area (Å²) < 4.78 is 0. The average molecular weight is 202 g/mol. The van der Waals surface area contributed by atoms with Crippen molar-refractivity contribution < 1.29 is 0 Å². The third kappa shape index (κ3) is 2.75. The van der Waals surface area contributed by atoms with Crippen LogP contribution >= 0.6 is 0 Å². The van der Waals surface area contributed by atoms with Crippen LogP contribution in [0.3, 0.4) is 0 Å². The summed E-state index contributed by atoms with van der Waals surface area (Å²) in [5.41, 5.74) is 8.11. The molecule has 1 aliphatic rings. The van der Waals surface area contributed by atoms with Crippen LogP contribution in [0.4, 0.5) is 0 Å². The molecule has 2 heteroatoms. The second-order valence-electron chi connectivity index (χ2n) is 4.17. The fourth-order valence-electron chi connectivity index (χ4n) is 2.09. The summed E-state index contributed by atoms with van der Waals surface area (Å²) in [6.07, 6.45) is 5.20. The summed E-state index contributed by atoms with van der Waals surface area (Å²) in [4.78, 5) is 0. The van der Waals surface area contributed by atoms with Crippen LogP contribution < -0.4 is 11.1 Å². The van der Waals surface area contributed by atoms with E-state index in [-0.39, 0.29) is 0 Å². The molecule has 1 heterocycles. The third-order valence-electron chi connectivity index (χ3n) is 3.01. The molecule has 2 rings (SSSR count). The van der Waals surface area contributed by atoms with E-state index < -0.39 is 0 Å². The Labute approximate surface area is 91.2 Å². The molecule has 0 saturated carbocycles. The van der Waals surface area contributed by atoms with Crippen LogP contribution in [0, 0.1) is 5.92 Å². The molecule has 0 unspecified atom stereocenters. The number of allylic oxidation sites excluding steroid dienone is 1. The maximum atomic E-state index is 5.48. The minimum absolute atomic E-state index is 0.746. The second kappa shape index (κ2) is 4.87. The summed E-state index contributed by atoms with van der Waals surface area (Å²) in [5.74, 6) is 0.746. The Morgan fingerprint density at radius 2 is 2.13 bits per heavy atom. The van der Waals surface area contributed by atoms with Gasteiger partial charge in [0.25, 0.3) is 0 Å². The van der Waals surface area contributed by atoms with E-state index in [1.807, 2.05) is 0 Å². The first kappa shape index (κ1) is 10.1. The van der Waals surface area contributed by atoms with Gasteiger partial charge >= 0.3 is 0 Å². The normalized spacial score (nSPS) is 23.7. The largest absolute Gasteiger partial charge is 0.403 e. The highest BCUT2D eigenvalue weighted by Gasteiger charge is 2.15. The zero-order chi connectivity index (χ0) is 10.5. The summed E-state index contributed by atoms with van der Waals surface area (Å²) in [6, 6.07) is 10.7. The van der Waals surface area contributed by atoms with Gasteiger partial charge in [-0.25, -0.2) is 0 Å². The van der Waals surface area contributed by atoms with E-state index in [1.54, 1.807) is 6.20 Å². The maximum Gasteiger partial charge on any atom is 0.0264 e. The van der Waals surface area contributed by atoms with E-state index in [1.165, 1.54) is 24.1 Å². The number of hydrogen-bond donors (Lipinski definition) is 2. The van der Waals surface area contributed by atoms with Gasteiger partial charge in [0.2, 0.25) is 0 Å². The molecule has 0 aromatic heterocycles. The van der Waals surface area contributed by atoms with Crippen molar-refractivity contribution in [2.24, 2.45) is 11.7 Å². The van der Waals surface area contributed by atoms with Crippen molar-refractivity contribution in [2.45, 2.75) is 19.3 Å². The van der Waals surface area contributed by atoms with E-state index in [2.05, 4.69) is 35.6 Å². The van der Waals surface area contributed by atoms with Crippen LogP contribution in [0.1, 0.15) is 18.4 Å². The Morgan fingerprint density at radius 1 is 1.33 bits per heavy atom. The Morgan fingerprint density at radius 3 is 2.73 bits per heavy atom. The lowest BCUT2D eigenvalue weighted by Gasteiger charge is -2.25. The highest BCUT2D eigenvalue weighted by atomic mass is 14.9. The van der Waals surface area contributed by atoms with E-state index >= 15 is 0 Å². The molecular formula is C13H18N2. The summed E-state index contributed by atoms with van der Waals surface area (Å²) in [7, 11) is 0. The molecule has 2 nitrogen and oxygen atoms in total. The molecule has 15 heavy (non-hydrogen) atoms. The molecule has 80 valence electrons. The van der Waals surface area contributed by atoms with Crippen molar-refractivity contribution in [2.75, 3.05) is 6.54 Å². The second-order valence-corrected chi connectivity index (χ2v) is 4.17. The van der Waals surface area contributed by atoms with Gasteiger partial charge in [0.1, 0.15) is 0 Å². The lowest BCUT2D eigenvalue weighted by molar-refractivity contribution is 0.413. The summed E-state index contributed by atoms with van der Waals surface area (Å²) in [6.45, 7) is 1.05. The number of rotatable bonds is 2. The van der Waals surface area contributed by atoms with Gasteiger partial charge in [-0.1, -0.05) is 30.3 Å². The number of nitrogens with two attached hydrogens (primary N) is 1. The van der Waals surface area contributed by atoms with Gasteiger partial charge in [-0.05, 0) is 30.7 Å². The molecule has 1 aromatic carbocycles. The smallest absolute Gasteiger partial charge is 0.0264 e. The highest BCUT2D eigenvalue weighted by Crippen LogP contribution is 2.20. The van der Waals surface area contributed by atoms with Gasteiger partial charge in [0.15, 0.2) is 0 Å². The van der Waals surface area contributed by atoms with Crippen molar-refractivity contribution in [1.29, 1.82) is 0 Å². The predicted octanol–water partition coefficient (Wildman–Crippen LogP) is 2.03. The van der Waals surface area contributed by atoms with Crippen LogP contribution in [0.5, 0.6) is 0 Å². The molecule has 1 atom stereocenters. The van der Waals surface area contributed by atoms with Crippen molar-refractivity contribution in [1.82, 2.24) is 5.32 Å². The SMILES string of the molecule is N/C=C1/CC[C@H](Cc2ccccc2)CN1. The maximum absolute atomic E-state index is 5.48. The standard InChI is InChI=1S/C13H18N2/c14-9-13-7-6-12(10-15-13)8-11-4-2-1-3-5-11/h1-5,9,12,15H,6-8,10,14H2/b13-9-/t12-/m1/s1. The van der Waals surface area contributed by atoms with Crippen molar-refractivity contribution in [3.8, 4) is 0 Å². The van der Waals surface area contributed by atoms with Crippen LogP contribution in [-0.4, -0.2) is 6.54 Å². The first-order valence-corrected chi connectivity index (χ1v) is 5.57. The van der Waals surface area contributed by atoms with Gasteiger partial charge in [0, 0.05) is 18.4 Å². The minimum atomic E-state index is 0.746. The van der Waals surface area contributed by atoms with E-state index in [0.29, 0.717) is 0 Å². The van der Waals surface area contributed by atoms with Crippen LogP contribution in [-0.2, 0) is 6.42 Å². The van der Waals surface area contributed by atoms with Gasteiger partial charge in [-0.2, -0.15) is 0 Å². The Balaban J connectivity index is 1.87. The lowest BCUT2D eigenvalue weighted by Crippen LogP contribution is -2.30. The molecule has 1 aromatic rings. The van der Waals surface area contributed by atoms with Crippen molar-refractivity contribution in [3.05, 3.63) is 47.8 Å². The molecule has 0 aliphatic carbocycles. The Hall–Kier alpha value is -1.44. The van der Waals surface area contributed by atoms with Gasteiger partial charge in [-0.3, -0.25) is 0 Å². The molecule has 0 bridgehead atoms. The molecule has 0 radical (unpaired) electrons. The minimum Gasteiger partial charge on any atom is -0.403 e. The zero-order valence-electron chi connectivity index (χ0n) is 8.95. The van der Waals surface area contributed by atoms with Gasteiger partial charge in [-0.15, -0.1) is 0 Å². The average Bonchev–Trinajstić information content (AvgIpc) is 2.31. The summed E-state index contributed by atoms with van der Waals surface area (Å²) >= 11 is 0. The number of nitrogens with one attached hydrogen (secondary N) is 1. The molecule has 1 fully saturated rings. The molecule has 1 aliphatic heterocycles. The van der Waals surface area contributed by atoms with Crippen molar-refractivity contribution in [3.63, 3.8) is 0 Å². The van der Waals surface area contributed by atoms with Crippen molar-refractivity contribution >= 4 is 0 Å².